The summed E-state index contributed by atoms with van der Waals surface area (Å²) in [7, 11) is 0. The van der Waals surface area contributed by atoms with Crippen LogP contribution in [0.5, 0.6) is 0 Å². The Labute approximate surface area is 137 Å². The molecule has 1 aliphatic rings. The standard InChI is InChI=1S/C16H15ClN2O4/c1-16(13-7-4-8-23-13)14(21)19(15(22)18-16)9-12(20)10-5-2-3-6-11(10)17/h2-8,12,20H,9H2,1H3,(H,18,22). The second-order valence-electron chi connectivity index (χ2n) is 5.49. The van der Waals surface area contributed by atoms with Gasteiger partial charge < -0.3 is 14.8 Å². The number of halogens is 1. The maximum absolute atomic E-state index is 12.6. The van der Waals surface area contributed by atoms with Crippen molar-refractivity contribution in [1.82, 2.24) is 10.2 Å². The van der Waals surface area contributed by atoms with Crippen molar-refractivity contribution in [3.05, 3.63) is 59.0 Å². The summed E-state index contributed by atoms with van der Waals surface area (Å²) in [5, 5.41) is 13.3. The van der Waals surface area contributed by atoms with Gasteiger partial charge in [-0.1, -0.05) is 29.8 Å². The fraction of sp³-hybridized carbons (Fsp3) is 0.250. The van der Waals surface area contributed by atoms with Crippen molar-refractivity contribution in [3.8, 4) is 0 Å². The van der Waals surface area contributed by atoms with Gasteiger partial charge in [0.2, 0.25) is 0 Å². The van der Waals surface area contributed by atoms with Crippen LogP contribution in [0, 0.1) is 0 Å². The average Bonchev–Trinajstić information content (AvgIpc) is 3.12. The number of carbonyl (C=O) groups excluding carboxylic acids is 2. The van der Waals surface area contributed by atoms with Crippen LogP contribution in [-0.2, 0) is 10.3 Å². The topological polar surface area (TPSA) is 82.8 Å². The van der Waals surface area contributed by atoms with Crippen LogP contribution in [-0.4, -0.2) is 28.5 Å². The molecular formula is C16H15ClN2O4. The summed E-state index contributed by atoms with van der Waals surface area (Å²) in [5.74, 6) is -0.144. The molecule has 1 aliphatic heterocycles. The third kappa shape index (κ3) is 2.60. The number of aliphatic hydroxyl groups excluding tert-OH is 1. The molecule has 23 heavy (non-hydrogen) atoms. The lowest BCUT2D eigenvalue weighted by Crippen LogP contribution is -2.41. The second-order valence-corrected chi connectivity index (χ2v) is 5.89. The van der Waals surface area contributed by atoms with Gasteiger partial charge in [-0.15, -0.1) is 0 Å². The lowest BCUT2D eigenvalue weighted by Gasteiger charge is -2.21. The molecule has 2 unspecified atom stereocenters. The fourth-order valence-electron chi connectivity index (χ4n) is 2.61. The lowest BCUT2D eigenvalue weighted by molar-refractivity contribution is -0.132. The number of amides is 3. The van der Waals surface area contributed by atoms with Gasteiger partial charge in [0.1, 0.15) is 5.76 Å². The fourth-order valence-corrected chi connectivity index (χ4v) is 2.87. The molecule has 2 N–H and O–H groups in total. The Morgan fingerprint density at radius 2 is 2.04 bits per heavy atom. The first-order chi connectivity index (χ1) is 10.9. The Morgan fingerprint density at radius 1 is 1.30 bits per heavy atom. The molecule has 1 aromatic carbocycles. The van der Waals surface area contributed by atoms with Crippen molar-refractivity contribution in [2.45, 2.75) is 18.6 Å². The summed E-state index contributed by atoms with van der Waals surface area (Å²) in [6.07, 6.45) is 0.360. The Morgan fingerprint density at radius 3 is 2.70 bits per heavy atom. The molecule has 0 saturated carbocycles. The molecular weight excluding hydrogens is 320 g/mol. The Kier molecular flexibility index (Phi) is 3.87. The van der Waals surface area contributed by atoms with Crippen molar-refractivity contribution in [2.75, 3.05) is 6.54 Å². The average molecular weight is 335 g/mol. The number of furan rings is 1. The number of rotatable bonds is 4. The van der Waals surface area contributed by atoms with E-state index in [4.69, 9.17) is 16.0 Å². The number of urea groups is 1. The van der Waals surface area contributed by atoms with Crippen LogP contribution in [0.1, 0.15) is 24.4 Å². The van der Waals surface area contributed by atoms with Gasteiger partial charge in [0, 0.05) is 10.6 Å². The zero-order valence-corrected chi connectivity index (χ0v) is 13.1. The van der Waals surface area contributed by atoms with Crippen LogP contribution < -0.4 is 5.32 Å². The predicted octanol–water partition coefficient (Wildman–Crippen LogP) is 2.43. The summed E-state index contributed by atoms with van der Waals surface area (Å²) >= 11 is 6.04. The van der Waals surface area contributed by atoms with Crippen molar-refractivity contribution in [3.63, 3.8) is 0 Å². The van der Waals surface area contributed by atoms with E-state index in [9.17, 15) is 14.7 Å². The summed E-state index contributed by atoms with van der Waals surface area (Å²) in [6.45, 7) is 1.37. The minimum atomic E-state index is -1.28. The highest BCUT2D eigenvalue weighted by atomic mass is 35.5. The van der Waals surface area contributed by atoms with Gasteiger partial charge in [-0.25, -0.2) is 4.79 Å². The lowest BCUT2D eigenvalue weighted by atomic mass is 9.99. The van der Waals surface area contributed by atoms with E-state index in [1.807, 2.05) is 0 Å². The zero-order valence-electron chi connectivity index (χ0n) is 12.3. The highest BCUT2D eigenvalue weighted by Crippen LogP contribution is 2.31. The highest BCUT2D eigenvalue weighted by molar-refractivity contribution is 6.31. The predicted molar refractivity (Wildman–Crippen MR) is 82.7 cm³/mol. The SMILES string of the molecule is CC1(c2ccco2)NC(=O)N(CC(O)c2ccccc2Cl)C1=O. The Bertz CT molecular complexity index is 746. The van der Waals surface area contributed by atoms with E-state index in [0.29, 0.717) is 16.3 Å². The molecule has 2 atom stereocenters. The van der Waals surface area contributed by atoms with Crippen molar-refractivity contribution in [2.24, 2.45) is 0 Å². The van der Waals surface area contributed by atoms with Gasteiger partial charge in [-0.2, -0.15) is 0 Å². The largest absolute Gasteiger partial charge is 0.466 e. The van der Waals surface area contributed by atoms with E-state index >= 15 is 0 Å². The van der Waals surface area contributed by atoms with Crippen LogP contribution in [0.4, 0.5) is 4.79 Å². The molecule has 0 aliphatic carbocycles. The summed E-state index contributed by atoms with van der Waals surface area (Å²) in [6, 6.07) is 9.42. The van der Waals surface area contributed by atoms with Crippen molar-refractivity contribution < 1.29 is 19.1 Å². The molecule has 1 fully saturated rings. The number of benzene rings is 1. The molecule has 3 amide bonds. The summed E-state index contributed by atoms with van der Waals surface area (Å²) in [5.41, 5.74) is -0.817. The van der Waals surface area contributed by atoms with Gasteiger partial charge >= 0.3 is 6.03 Å². The molecule has 3 rings (SSSR count). The zero-order chi connectivity index (χ0) is 16.6. The number of imide groups is 1. The van der Waals surface area contributed by atoms with Crippen LogP contribution >= 0.6 is 11.6 Å². The van der Waals surface area contributed by atoms with Crippen LogP contribution in [0.15, 0.2) is 47.1 Å². The van der Waals surface area contributed by atoms with Crippen LogP contribution in [0.2, 0.25) is 5.02 Å². The summed E-state index contributed by atoms with van der Waals surface area (Å²) in [4.78, 5) is 25.8. The normalized spacial score (nSPS) is 22.3. The maximum atomic E-state index is 12.6. The van der Waals surface area contributed by atoms with E-state index in [1.54, 1.807) is 43.3 Å². The van der Waals surface area contributed by atoms with Crippen molar-refractivity contribution in [1.29, 1.82) is 0 Å². The Hall–Kier alpha value is -2.31. The van der Waals surface area contributed by atoms with Crippen molar-refractivity contribution >= 4 is 23.5 Å². The van der Waals surface area contributed by atoms with Gasteiger partial charge in [-0.05, 0) is 25.1 Å². The molecule has 0 bridgehead atoms. The van der Waals surface area contributed by atoms with E-state index < -0.39 is 23.6 Å². The highest BCUT2D eigenvalue weighted by Gasteiger charge is 2.51. The van der Waals surface area contributed by atoms with Crippen LogP contribution in [0.25, 0.3) is 0 Å². The number of aliphatic hydroxyl groups is 1. The van der Waals surface area contributed by atoms with Gasteiger partial charge in [-0.3, -0.25) is 9.69 Å². The smallest absolute Gasteiger partial charge is 0.325 e. The maximum Gasteiger partial charge on any atom is 0.325 e. The molecule has 0 spiro atoms. The number of hydrogen-bond donors (Lipinski definition) is 2. The van der Waals surface area contributed by atoms with E-state index in [-0.39, 0.29) is 6.54 Å². The quantitative estimate of drug-likeness (QED) is 0.841. The first-order valence-corrected chi connectivity index (χ1v) is 7.42. The molecule has 1 aromatic heterocycles. The summed E-state index contributed by atoms with van der Waals surface area (Å²) < 4.78 is 5.25. The monoisotopic (exact) mass is 334 g/mol. The number of hydrogen-bond acceptors (Lipinski definition) is 4. The number of nitrogens with zero attached hydrogens (tertiary/aromatic N) is 1. The third-order valence-electron chi connectivity index (χ3n) is 3.91. The van der Waals surface area contributed by atoms with E-state index in [0.717, 1.165) is 4.90 Å². The molecule has 120 valence electrons. The van der Waals surface area contributed by atoms with Crippen LogP contribution in [0.3, 0.4) is 0 Å². The molecule has 2 heterocycles. The van der Waals surface area contributed by atoms with E-state index in [1.165, 1.54) is 6.26 Å². The molecule has 7 heteroatoms. The number of β-amino-alcohol motifs (C(OH)–C–C–N with tert-alkyl or cyclic N) is 1. The first kappa shape index (κ1) is 15.6. The minimum Gasteiger partial charge on any atom is -0.466 e. The molecule has 6 nitrogen and oxygen atoms in total. The third-order valence-corrected chi connectivity index (χ3v) is 4.25. The second kappa shape index (κ2) is 5.72. The molecule has 1 saturated heterocycles. The number of nitrogens with one attached hydrogen (secondary N) is 1. The van der Waals surface area contributed by atoms with E-state index in [2.05, 4.69) is 5.32 Å². The minimum absolute atomic E-state index is 0.190. The number of carbonyl (C=O) groups is 2. The molecule has 0 radical (unpaired) electrons. The van der Waals surface area contributed by atoms with Gasteiger partial charge in [0.05, 0.1) is 18.9 Å². The van der Waals surface area contributed by atoms with Gasteiger partial charge in [0.25, 0.3) is 5.91 Å². The van der Waals surface area contributed by atoms with Gasteiger partial charge in [0.15, 0.2) is 5.54 Å². The Balaban J connectivity index is 1.83. The molecule has 2 aromatic rings. The first-order valence-electron chi connectivity index (χ1n) is 7.04.